The normalized spacial score (nSPS) is 11.4. The van der Waals surface area contributed by atoms with Gasteiger partial charge in [0.15, 0.2) is 0 Å². The van der Waals surface area contributed by atoms with Crippen molar-refractivity contribution < 1.29 is 14.3 Å². The monoisotopic (exact) mass is 437 g/mol. The molecule has 0 saturated carbocycles. The van der Waals surface area contributed by atoms with Gasteiger partial charge in [0, 0.05) is 24.5 Å². The minimum atomic E-state index is -0.516. The fourth-order valence-corrected chi connectivity index (χ4v) is 2.85. The second-order valence-electron chi connectivity index (χ2n) is 7.34. The van der Waals surface area contributed by atoms with Crippen LogP contribution in [0.15, 0.2) is 33.8 Å². The van der Waals surface area contributed by atoms with E-state index < -0.39 is 5.60 Å². The van der Waals surface area contributed by atoms with Gasteiger partial charge in [0.1, 0.15) is 12.1 Å². The van der Waals surface area contributed by atoms with E-state index in [4.69, 9.17) is 4.74 Å². The lowest BCUT2D eigenvalue weighted by Crippen LogP contribution is -2.35. The number of hydrogen-bond donors (Lipinski definition) is 0. The first-order chi connectivity index (χ1) is 12.6. The third kappa shape index (κ3) is 6.16. The third-order valence-electron chi connectivity index (χ3n) is 3.81. The molecular weight excluding hydrogens is 414 g/mol. The number of amides is 1. The molecule has 0 unspecified atom stereocenters. The predicted molar refractivity (Wildman–Crippen MR) is 106 cm³/mol. The van der Waals surface area contributed by atoms with Crippen LogP contribution >= 0.6 is 15.9 Å². The molecule has 27 heavy (non-hydrogen) atoms. The standard InChI is InChI=1S/C19H24BrN3O4/c1-19(2,3)27-17(25)6-5-9-22(4)16(24)11-23-12-21-15-8-7-13(20)10-14(15)18(23)26/h7-8,10,12H,5-6,9,11H2,1-4H3. The van der Waals surface area contributed by atoms with Crippen molar-refractivity contribution in [2.45, 2.75) is 45.8 Å². The Morgan fingerprint density at radius 2 is 2.00 bits per heavy atom. The molecule has 0 aliphatic rings. The summed E-state index contributed by atoms with van der Waals surface area (Å²) >= 11 is 3.33. The number of likely N-dealkylation sites (N-methyl/N-ethyl adjacent to an activating group) is 1. The van der Waals surface area contributed by atoms with Gasteiger partial charge in [0.2, 0.25) is 5.91 Å². The largest absolute Gasteiger partial charge is 0.460 e. The van der Waals surface area contributed by atoms with Gasteiger partial charge in [-0.15, -0.1) is 0 Å². The fourth-order valence-electron chi connectivity index (χ4n) is 2.49. The van der Waals surface area contributed by atoms with Gasteiger partial charge in [-0.2, -0.15) is 0 Å². The van der Waals surface area contributed by atoms with Crippen LogP contribution in [0.4, 0.5) is 0 Å². The number of aromatic nitrogens is 2. The molecule has 1 aromatic carbocycles. The highest BCUT2D eigenvalue weighted by Gasteiger charge is 2.17. The van der Waals surface area contributed by atoms with Crippen molar-refractivity contribution >= 4 is 38.7 Å². The number of rotatable bonds is 6. The molecule has 0 spiro atoms. The number of nitrogens with zero attached hydrogens (tertiary/aromatic N) is 3. The predicted octanol–water partition coefficient (Wildman–Crippen LogP) is 2.74. The van der Waals surface area contributed by atoms with Crippen molar-refractivity contribution in [3.05, 3.63) is 39.4 Å². The number of hydrogen-bond acceptors (Lipinski definition) is 5. The Kier molecular flexibility index (Phi) is 6.75. The third-order valence-corrected chi connectivity index (χ3v) is 4.31. The van der Waals surface area contributed by atoms with Crippen LogP contribution in [0.3, 0.4) is 0 Å². The summed E-state index contributed by atoms with van der Waals surface area (Å²) in [5, 5.41) is 0.451. The van der Waals surface area contributed by atoms with Crippen LogP contribution in [0.5, 0.6) is 0 Å². The summed E-state index contributed by atoms with van der Waals surface area (Å²) in [7, 11) is 1.65. The highest BCUT2D eigenvalue weighted by molar-refractivity contribution is 9.10. The number of fused-ring (bicyclic) bond motifs is 1. The molecule has 0 bridgehead atoms. The molecule has 7 nitrogen and oxygen atoms in total. The number of esters is 1. The van der Waals surface area contributed by atoms with E-state index in [0.29, 0.717) is 23.9 Å². The Labute approximate surface area is 166 Å². The van der Waals surface area contributed by atoms with E-state index in [1.54, 1.807) is 19.2 Å². The molecule has 0 aliphatic carbocycles. The molecule has 0 atom stereocenters. The van der Waals surface area contributed by atoms with Gasteiger partial charge in [-0.25, -0.2) is 4.98 Å². The van der Waals surface area contributed by atoms with Crippen LogP contribution in [0.25, 0.3) is 10.9 Å². The van der Waals surface area contributed by atoms with E-state index in [1.165, 1.54) is 15.8 Å². The number of ether oxygens (including phenoxy) is 1. The lowest BCUT2D eigenvalue weighted by molar-refractivity contribution is -0.155. The molecule has 0 radical (unpaired) electrons. The fraction of sp³-hybridized carbons (Fsp3) is 0.474. The van der Waals surface area contributed by atoms with Gasteiger partial charge in [0.05, 0.1) is 17.2 Å². The number of benzene rings is 1. The van der Waals surface area contributed by atoms with E-state index in [9.17, 15) is 14.4 Å². The van der Waals surface area contributed by atoms with Gasteiger partial charge in [-0.1, -0.05) is 15.9 Å². The average molecular weight is 438 g/mol. The zero-order valence-electron chi connectivity index (χ0n) is 16.0. The van der Waals surface area contributed by atoms with Crippen molar-refractivity contribution in [3.63, 3.8) is 0 Å². The van der Waals surface area contributed by atoms with E-state index in [-0.39, 0.29) is 30.4 Å². The zero-order valence-corrected chi connectivity index (χ0v) is 17.6. The molecule has 2 aromatic rings. The van der Waals surface area contributed by atoms with Crippen LogP contribution in [0.1, 0.15) is 33.6 Å². The maximum absolute atomic E-state index is 12.5. The van der Waals surface area contributed by atoms with Crippen molar-refractivity contribution in [3.8, 4) is 0 Å². The Morgan fingerprint density at radius 3 is 2.67 bits per heavy atom. The Morgan fingerprint density at radius 1 is 1.30 bits per heavy atom. The highest BCUT2D eigenvalue weighted by Crippen LogP contribution is 2.15. The Hall–Kier alpha value is -2.22. The van der Waals surface area contributed by atoms with Crippen LogP contribution < -0.4 is 5.56 Å². The molecule has 1 aromatic heterocycles. The second-order valence-corrected chi connectivity index (χ2v) is 8.26. The molecule has 1 amide bonds. The van der Waals surface area contributed by atoms with Gasteiger partial charge < -0.3 is 9.64 Å². The SMILES string of the molecule is CN(CCCC(=O)OC(C)(C)C)C(=O)Cn1cnc2ccc(Br)cc2c1=O. The molecule has 146 valence electrons. The van der Waals surface area contributed by atoms with Gasteiger partial charge in [-0.05, 0) is 45.4 Å². The summed E-state index contributed by atoms with van der Waals surface area (Å²) in [5.41, 5.74) is -0.202. The first-order valence-electron chi connectivity index (χ1n) is 8.67. The molecule has 0 aliphatic heterocycles. The Balaban J connectivity index is 1.95. The van der Waals surface area contributed by atoms with Crippen LogP contribution in [-0.2, 0) is 20.9 Å². The highest BCUT2D eigenvalue weighted by atomic mass is 79.9. The minimum absolute atomic E-state index is 0.1000. The van der Waals surface area contributed by atoms with Crippen molar-refractivity contribution in [1.29, 1.82) is 0 Å². The van der Waals surface area contributed by atoms with E-state index >= 15 is 0 Å². The summed E-state index contributed by atoms with van der Waals surface area (Å²) < 4.78 is 7.31. The van der Waals surface area contributed by atoms with E-state index in [2.05, 4.69) is 20.9 Å². The molecule has 0 N–H and O–H groups in total. The topological polar surface area (TPSA) is 81.5 Å². The molecular formula is C19H24BrN3O4. The molecule has 0 saturated heterocycles. The smallest absolute Gasteiger partial charge is 0.306 e. The zero-order chi connectivity index (χ0) is 20.2. The van der Waals surface area contributed by atoms with Crippen molar-refractivity contribution in [2.24, 2.45) is 0 Å². The first kappa shape index (κ1) is 21.1. The van der Waals surface area contributed by atoms with Crippen LogP contribution in [-0.4, -0.2) is 45.5 Å². The second kappa shape index (κ2) is 8.65. The summed E-state index contributed by atoms with van der Waals surface area (Å²) in [5.74, 6) is -0.513. The minimum Gasteiger partial charge on any atom is -0.460 e. The summed E-state index contributed by atoms with van der Waals surface area (Å²) in [6, 6.07) is 5.24. The molecule has 8 heteroatoms. The van der Waals surface area contributed by atoms with Crippen LogP contribution in [0, 0.1) is 0 Å². The number of carbonyl (C=O) groups is 2. The van der Waals surface area contributed by atoms with Gasteiger partial charge in [-0.3, -0.25) is 19.0 Å². The van der Waals surface area contributed by atoms with Crippen molar-refractivity contribution in [1.82, 2.24) is 14.5 Å². The Bertz CT molecular complexity index is 902. The van der Waals surface area contributed by atoms with Gasteiger partial charge in [0.25, 0.3) is 5.56 Å². The molecule has 0 fully saturated rings. The van der Waals surface area contributed by atoms with E-state index in [1.807, 2.05) is 26.8 Å². The lowest BCUT2D eigenvalue weighted by Gasteiger charge is -2.20. The quantitative estimate of drug-likeness (QED) is 0.648. The van der Waals surface area contributed by atoms with Crippen LogP contribution in [0.2, 0.25) is 0 Å². The van der Waals surface area contributed by atoms with Crippen molar-refractivity contribution in [2.75, 3.05) is 13.6 Å². The lowest BCUT2D eigenvalue weighted by atomic mass is 10.2. The average Bonchev–Trinajstić information content (AvgIpc) is 2.56. The maximum atomic E-state index is 12.5. The van der Waals surface area contributed by atoms with E-state index in [0.717, 1.165) is 4.47 Å². The number of carbonyl (C=O) groups excluding carboxylic acids is 2. The summed E-state index contributed by atoms with van der Waals surface area (Å²) in [6.07, 6.45) is 2.11. The first-order valence-corrected chi connectivity index (χ1v) is 9.46. The molecule has 1 heterocycles. The summed E-state index contributed by atoms with van der Waals surface area (Å²) in [4.78, 5) is 42.4. The summed E-state index contributed by atoms with van der Waals surface area (Å²) in [6.45, 7) is 5.74. The number of halogens is 1. The molecule has 2 rings (SSSR count). The van der Waals surface area contributed by atoms with Gasteiger partial charge >= 0.3 is 5.97 Å². The maximum Gasteiger partial charge on any atom is 0.306 e.